The van der Waals surface area contributed by atoms with Crippen molar-refractivity contribution in [3.8, 4) is 5.75 Å². The van der Waals surface area contributed by atoms with E-state index in [1.807, 2.05) is 0 Å². The van der Waals surface area contributed by atoms with E-state index in [1.54, 1.807) is 18.2 Å². The fraction of sp³-hybridized carbons (Fsp3) is 0.350. The van der Waals surface area contributed by atoms with E-state index in [9.17, 15) is 26.4 Å². The summed E-state index contributed by atoms with van der Waals surface area (Å²) < 4.78 is 67.8. The second-order valence-electron chi connectivity index (χ2n) is 6.90. The van der Waals surface area contributed by atoms with Crippen molar-refractivity contribution in [3.05, 3.63) is 54.6 Å². The molecule has 1 fully saturated rings. The van der Waals surface area contributed by atoms with E-state index < -0.39 is 34.1 Å². The van der Waals surface area contributed by atoms with Crippen LogP contribution in [-0.2, 0) is 14.8 Å². The van der Waals surface area contributed by atoms with Gasteiger partial charge in [-0.25, -0.2) is 8.42 Å². The van der Waals surface area contributed by atoms with Gasteiger partial charge in [0.25, 0.3) is 0 Å². The molecule has 30 heavy (non-hydrogen) atoms. The predicted molar refractivity (Wildman–Crippen MR) is 104 cm³/mol. The number of rotatable bonds is 6. The van der Waals surface area contributed by atoms with Crippen molar-refractivity contribution in [2.24, 2.45) is 0 Å². The van der Waals surface area contributed by atoms with E-state index in [2.05, 4.69) is 10.1 Å². The molecule has 162 valence electrons. The van der Waals surface area contributed by atoms with Gasteiger partial charge in [-0.1, -0.05) is 24.6 Å². The number of halogens is 3. The minimum Gasteiger partial charge on any atom is -0.406 e. The molecule has 0 aliphatic carbocycles. The SMILES string of the molecule is O=C(C[C@H]1CCCCN1S(=O)(=O)c1ccccc1)Nc1ccc(OC(F)(F)F)cc1. The van der Waals surface area contributed by atoms with Gasteiger partial charge in [-0.3, -0.25) is 4.79 Å². The number of carbonyl (C=O) groups excluding carboxylic acids is 1. The van der Waals surface area contributed by atoms with Crippen LogP contribution >= 0.6 is 0 Å². The molecule has 1 heterocycles. The quantitative estimate of drug-likeness (QED) is 0.729. The van der Waals surface area contributed by atoms with Crippen molar-refractivity contribution in [2.45, 2.75) is 43.0 Å². The van der Waals surface area contributed by atoms with E-state index in [4.69, 9.17) is 0 Å². The second kappa shape index (κ2) is 9.05. The van der Waals surface area contributed by atoms with Crippen molar-refractivity contribution in [2.75, 3.05) is 11.9 Å². The number of hydrogen-bond donors (Lipinski definition) is 1. The molecule has 1 aliphatic heterocycles. The highest BCUT2D eigenvalue weighted by molar-refractivity contribution is 7.89. The van der Waals surface area contributed by atoms with Crippen molar-refractivity contribution in [1.82, 2.24) is 4.31 Å². The van der Waals surface area contributed by atoms with Gasteiger partial charge >= 0.3 is 6.36 Å². The number of nitrogens with zero attached hydrogens (tertiary/aromatic N) is 1. The Bertz CT molecular complexity index is 964. The molecule has 1 aliphatic rings. The molecule has 0 aromatic heterocycles. The van der Waals surface area contributed by atoms with Crippen molar-refractivity contribution < 1.29 is 31.1 Å². The summed E-state index contributed by atoms with van der Waals surface area (Å²) in [7, 11) is -3.72. The fourth-order valence-corrected chi connectivity index (χ4v) is 5.10. The molecule has 0 unspecified atom stereocenters. The molecule has 6 nitrogen and oxygen atoms in total. The van der Waals surface area contributed by atoms with E-state index in [0.717, 1.165) is 18.6 Å². The molecule has 1 atom stereocenters. The number of piperidine rings is 1. The molecule has 1 saturated heterocycles. The van der Waals surface area contributed by atoms with Gasteiger partial charge in [-0.15, -0.1) is 13.2 Å². The molecule has 2 aromatic carbocycles. The average Bonchev–Trinajstić information content (AvgIpc) is 2.69. The third-order valence-electron chi connectivity index (χ3n) is 4.72. The standard InChI is InChI=1S/C20H21F3N2O4S/c21-20(22,23)29-17-11-9-15(10-12-17)24-19(26)14-16-6-4-5-13-25(16)30(27,28)18-7-2-1-3-8-18/h1-3,7-12,16H,4-6,13-14H2,(H,24,26)/t16-/m1/s1. The largest absolute Gasteiger partial charge is 0.573 e. The minimum absolute atomic E-state index is 0.0487. The van der Waals surface area contributed by atoms with E-state index >= 15 is 0 Å². The zero-order valence-electron chi connectivity index (χ0n) is 15.9. The van der Waals surface area contributed by atoms with Crippen molar-refractivity contribution >= 4 is 21.6 Å². The number of hydrogen-bond acceptors (Lipinski definition) is 4. The zero-order valence-corrected chi connectivity index (χ0v) is 16.7. The average molecular weight is 442 g/mol. The third-order valence-corrected chi connectivity index (χ3v) is 6.68. The lowest BCUT2D eigenvalue weighted by Gasteiger charge is -2.34. The van der Waals surface area contributed by atoms with Gasteiger partial charge in [-0.2, -0.15) is 4.31 Å². The highest BCUT2D eigenvalue weighted by Crippen LogP contribution is 2.28. The van der Waals surface area contributed by atoms with Crippen LogP contribution in [0.4, 0.5) is 18.9 Å². The number of sulfonamides is 1. The zero-order chi connectivity index (χ0) is 21.8. The number of nitrogens with one attached hydrogen (secondary N) is 1. The van der Waals surface area contributed by atoms with E-state index in [1.165, 1.54) is 28.6 Å². The first-order chi connectivity index (χ1) is 14.1. The van der Waals surface area contributed by atoms with E-state index in [-0.39, 0.29) is 11.3 Å². The Labute approximate surface area is 172 Å². The minimum atomic E-state index is -4.79. The Balaban J connectivity index is 1.66. The van der Waals surface area contributed by atoms with Crippen LogP contribution in [0.25, 0.3) is 0 Å². The Morgan fingerprint density at radius 1 is 1.07 bits per heavy atom. The monoisotopic (exact) mass is 442 g/mol. The van der Waals surface area contributed by atoms with Gasteiger partial charge in [-0.05, 0) is 49.2 Å². The van der Waals surface area contributed by atoms with Gasteiger partial charge < -0.3 is 10.1 Å². The number of amides is 1. The molecule has 10 heteroatoms. The van der Waals surface area contributed by atoms with E-state index in [0.29, 0.717) is 25.1 Å². The van der Waals surface area contributed by atoms with Crippen LogP contribution in [0.3, 0.4) is 0 Å². The predicted octanol–water partition coefficient (Wildman–Crippen LogP) is 4.16. The van der Waals surface area contributed by atoms with Crippen LogP contribution in [0, 0.1) is 0 Å². The highest BCUT2D eigenvalue weighted by atomic mass is 32.2. The smallest absolute Gasteiger partial charge is 0.406 e. The first kappa shape index (κ1) is 22.1. The molecule has 3 rings (SSSR count). The topological polar surface area (TPSA) is 75.7 Å². The Morgan fingerprint density at radius 3 is 2.37 bits per heavy atom. The summed E-state index contributed by atoms with van der Waals surface area (Å²) in [4.78, 5) is 12.6. The molecular weight excluding hydrogens is 421 g/mol. The molecule has 2 aromatic rings. The summed E-state index contributed by atoms with van der Waals surface area (Å²) >= 11 is 0. The number of benzene rings is 2. The third kappa shape index (κ3) is 5.73. The van der Waals surface area contributed by atoms with Crippen molar-refractivity contribution in [1.29, 1.82) is 0 Å². The molecule has 0 bridgehead atoms. The van der Waals surface area contributed by atoms with Crippen molar-refractivity contribution in [3.63, 3.8) is 0 Å². The molecular formula is C20H21F3N2O4S. The maximum atomic E-state index is 13.0. The second-order valence-corrected chi connectivity index (χ2v) is 8.79. The summed E-state index contributed by atoms with van der Waals surface area (Å²) in [6.45, 7) is 0.332. The normalized spacial score (nSPS) is 18.0. The first-order valence-electron chi connectivity index (χ1n) is 9.38. The summed E-state index contributed by atoms with van der Waals surface area (Å²) in [6.07, 6.45) is -2.77. The Kier molecular flexibility index (Phi) is 6.67. The molecule has 0 radical (unpaired) electrons. The Hall–Kier alpha value is -2.59. The maximum absolute atomic E-state index is 13.0. The number of alkyl halides is 3. The number of carbonyl (C=O) groups is 1. The highest BCUT2D eigenvalue weighted by Gasteiger charge is 2.34. The Morgan fingerprint density at radius 2 is 1.73 bits per heavy atom. The van der Waals surface area contributed by atoms with Crippen LogP contribution in [-0.4, -0.2) is 37.6 Å². The van der Waals surface area contributed by atoms with Gasteiger partial charge in [0.05, 0.1) is 4.90 Å². The lowest BCUT2D eigenvalue weighted by atomic mass is 10.0. The maximum Gasteiger partial charge on any atom is 0.573 e. The molecule has 0 saturated carbocycles. The summed E-state index contributed by atoms with van der Waals surface area (Å²) in [5.74, 6) is -0.812. The lowest BCUT2D eigenvalue weighted by Crippen LogP contribution is -2.45. The molecule has 1 amide bonds. The lowest BCUT2D eigenvalue weighted by molar-refractivity contribution is -0.274. The van der Waals surface area contributed by atoms with Gasteiger partial charge in [0.2, 0.25) is 15.9 Å². The fourth-order valence-electron chi connectivity index (χ4n) is 3.39. The van der Waals surface area contributed by atoms with Crippen LogP contribution < -0.4 is 10.1 Å². The number of anilines is 1. The van der Waals surface area contributed by atoms with Gasteiger partial charge in [0, 0.05) is 24.7 Å². The summed E-state index contributed by atoms with van der Waals surface area (Å²) in [5.41, 5.74) is 0.294. The van der Waals surface area contributed by atoms with Crippen LogP contribution in [0.5, 0.6) is 5.75 Å². The first-order valence-corrected chi connectivity index (χ1v) is 10.8. The number of ether oxygens (including phenoxy) is 1. The molecule has 1 N–H and O–H groups in total. The van der Waals surface area contributed by atoms with Gasteiger partial charge in [0.15, 0.2) is 0 Å². The summed E-state index contributed by atoms with van der Waals surface area (Å²) in [6, 6.07) is 12.3. The summed E-state index contributed by atoms with van der Waals surface area (Å²) in [5, 5.41) is 2.59. The van der Waals surface area contributed by atoms with Crippen LogP contribution in [0.2, 0.25) is 0 Å². The van der Waals surface area contributed by atoms with Crippen LogP contribution in [0.1, 0.15) is 25.7 Å². The van der Waals surface area contributed by atoms with Gasteiger partial charge in [0.1, 0.15) is 5.75 Å². The molecule has 0 spiro atoms. The van der Waals surface area contributed by atoms with Crippen LogP contribution in [0.15, 0.2) is 59.5 Å².